The second-order valence-electron chi connectivity index (χ2n) is 6.59. The SMILES string of the molecule is CCC(CN)(Cc1ccccc1)N1CCCC1C(C)C. The van der Waals surface area contributed by atoms with Gasteiger partial charge in [0.1, 0.15) is 0 Å². The highest BCUT2D eigenvalue weighted by molar-refractivity contribution is 5.19. The number of hydrogen-bond acceptors (Lipinski definition) is 2. The fourth-order valence-electron chi connectivity index (χ4n) is 3.81. The van der Waals surface area contributed by atoms with Gasteiger partial charge in [-0.3, -0.25) is 4.90 Å². The summed E-state index contributed by atoms with van der Waals surface area (Å²) in [7, 11) is 0. The zero-order valence-electron chi connectivity index (χ0n) is 13.3. The molecule has 2 atom stereocenters. The maximum atomic E-state index is 6.27. The molecule has 1 aromatic carbocycles. The minimum atomic E-state index is 0.132. The molecule has 0 amide bonds. The Bertz CT molecular complexity index is 395. The lowest BCUT2D eigenvalue weighted by Gasteiger charge is -2.45. The molecule has 1 aliphatic heterocycles. The van der Waals surface area contributed by atoms with Crippen molar-refractivity contribution in [1.29, 1.82) is 0 Å². The second kappa shape index (κ2) is 6.73. The third-order valence-corrected chi connectivity index (χ3v) is 5.09. The molecule has 112 valence electrons. The van der Waals surface area contributed by atoms with Crippen molar-refractivity contribution < 1.29 is 0 Å². The maximum absolute atomic E-state index is 6.27. The molecule has 1 saturated heterocycles. The van der Waals surface area contributed by atoms with Crippen LogP contribution >= 0.6 is 0 Å². The Morgan fingerprint density at radius 1 is 1.30 bits per heavy atom. The average molecular weight is 274 g/mol. The number of hydrogen-bond donors (Lipinski definition) is 1. The van der Waals surface area contributed by atoms with E-state index in [-0.39, 0.29) is 5.54 Å². The topological polar surface area (TPSA) is 29.3 Å². The monoisotopic (exact) mass is 274 g/mol. The van der Waals surface area contributed by atoms with Gasteiger partial charge in [-0.1, -0.05) is 51.1 Å². The van der Waals surface area contributed by atoms with Crippen LogP contribution in [0.3, 0.4) is 0 Å². The first-order valence-electron chi connectivity index (χ1n) is 8.13. The van der Waals surface area contributed by atoms with E-state index < -0.39 is 0 Å². The lowest BCUT2D eigenvalue weighted by atomic mass is 9.84. The summed E-state index contributed by atoms with van der Waals surface area (Å²) in [6.07, 6.45) is 4.85. The van der Waals surface area contributed by atoms with Gasteiger partial charge in [0.15, 0.2) is 0 Å². The molecule has 2 N–H and O–H groups in total. The molecule has 2 nitrogen and oxygen atoms in total. The van der Waals surface area contributed by atoms with Gasteiger partial charge in [-0.25, -0.2) is 0 Å². The molecular formula is C18H30N2. The Balaban J connectivity index is 2.24. The quantitative estimate of drug-likeness (QED) is 0.861. The van der Waals surface area contributed by atoms with Crippen molar-refractivity contribution in [2.24, 2.45) is 11.7 Å². The number of nitrogens with zero attached hydrogens (tertiary/aromatic N) is 1. The molecule has 1 aromatic rings. The largest absolute Gasteiger partial charge is 0.329 e. The Hall–Kier alpha value is -0.860. The lowest BCUT2D eigenvalue weighted by molar-refractivity contribution is 0.0559. The number of nitrogens with two attached hydrogens (primary N) is 1. The number of likely N-dealkylation sites (tertiary alicyclic amines) is 1. The molecule has 2 rings (SSSR count). The van der Waals surface area contributed by atoms with Gasteiger partial charge in [-0.05, 0) is 43.7 Å². The molecule has 2 heteroatoms. The van der Waals surface area contributed by atoms with Crippen LogP contribution in [0.1, 0.15) is 45.6 Å². The van der Waals surface area contributed by atoms with Gasteiger partial charge in [-0.15, -0.1) is 0 Å². The Morgan fingerprint density at radius 3 is 2.55 bits per heavy atom. The highest BCUT2D eigenvalue weighted by Gasteiger charge is 2.41. The Kier molecular flexibility index (Phi) is 5.22. The van der Waals surface area contributed by atoms with Gasteiger partial charge < -0.3 is 5.73 Å². The molecule has 0 bridgehead atoms. The van der Waals surface area contributed by atoms with Crippen molar-refractivity contribution in [2.45, 2.75) is 58.0 Å². The second-order valence-corrected chi connectivity index (χ2v) is 6.59. The van der Waals surface area contributed by atoms with Crippen molar-refractivity contribution in [1.82, 2.24) is 4.90 Å². The van der Waals surface area contributed by atoms with Crippen LogP contribution < -0.4 is 5.73 Å². The molecule has 1 aliphatic rings. The van der Waals surface area contributed by atoms with Gasteiger partial charge in [0, 0.05) is 18.1 Å². The molecule has 20 heavy (non-hydrogen) atoms. The first-order chi connectivity index (χ1) is 9.63. The van der Waals surface area contributed by atoms with Crippen molar-refractivity contribution >= 4 is 0 Å². The van der Waals surface area contributed by atoms with Crippen molar-refractivity contribution in [3.8, 4) is 0 Å². The predicted molar refractivity (Wildman–Crippen MR) is 86.8 cm³/mol. The van der Waals surface area contributed by atoms with Crippen LogP contribution in [0.4, 0.5) is 0 Å². The summed E-state index contributed by atoms with van der Waals surface area (Å²) in [5.41, 5.74) is 7.81. The third-order valence-electron chi connectivity index (χ3n) is 5.09. The number of benzene rings is 1. The standard InChI is InChI=1S/C18H30N2/c1-4-18(14-19,13-16-9-6-5-7-10-16)20-12-8-11-17(20)15(2)3/h5-7,9-10,15,17H,4,8,11-14,19H2,1-3H3. The van der Waals surface area contributed by atoms with Crippen LogP contribution in [0, 0.1) is 5.92 Å². The third kappa shape index (κ3) is 3.07. The Morgan fingerprint density at radius 2 is 2.00 bits per heavy atom. The summed E-state index contributed by atoms with van der Waals surface area (Å²) >= 11 is 0. The first-order valence-corrected chi connectivity index (χ1v) is 8.13. The van der Waals surface area contributed by atoms with Crippen LogP contribution in [-0.2, 0) is 6.42 Å². The molecule has 0 spiro atoms. The predicted octanol–water partition coefficient (Wildman–Crippen LogP) is 3.46. The van der Waals surface area contributed by atoms with Gasteiger partial charge >= 0.3 is 0 Å². The molecule has 2 unspecified atom stereocenters. The van der Waals surface area contributed by atoms with Crippen molar-refractivity contribution in [3.05, 3.63) is 35.9 Å². The van der Waals surface area contributed by atoms with Gasteiger partial charge in [0.2, 0.25) is 0 Å². The summed E-state index contributed by atoms with van der Waals surface area (Å²) in [5, 5.41) is 0. The lowest BCUT2D eigenvalue weighted by Crippen LogP contribution is -2.57. The van der Waals surface area contributed by atoms with Crippen LogP contribution in [0.2, 0.25) is 0 Å². The van der Waals surface area contributed by atoms with E-state index in [1.807, 2.05) is 0 Å². The molecule has 0 aliphatic carbocycles. The average Bonchev–Trinajstić information content (AvgIpc) is 2.96. The van der Waals surface area contributed by atoms with E-state index in [1.165, 1.54) is 24.9 Å². The summed E-state index contributed by atoms with van der Waals surface area (Å²) in [6, 6.07) is 11.5. The summed E-state index contributed by atoms with van der Waals surface area (Å²) < 4.78 is 0. The zero-order valence-corrected chi connectivity index (χ0v) is 13.3. The normalized spacial score (nSPS) is 23.1. The van der Waals surface area contributed by atoms with Crippen LogP contribution in [-0.4, -0.2) is 29.6 Å². The van der Waals surface area contributed by atoms with E-state index in [1.54, 1.807) is 0 Å². The van der Waals surface area contributed by atoms with E-state index in [9.17, 15) is 0 Å². The maximum Gasteiger partial charge on any atom is 0.0372 e. The summed E-state index contributed by atoms with van der Waals surface area (Å²) in [4.78, 5) is 2.73. The van der Waals surface area contributed by atoms with E-state index >= 15 is 0 Å². The summed E-state index contributed by atoms with van der Waals surface area (Å²) in [6.45, 7) is 8.96. The molecular weight excluding hydrogens is 244 g/mol. The summed E-state index contributed by atoms with van der Waals surface area (Å²) in [5.74, 6) is 0.714. The van der Waals surface area contributed by atoms with Crippen molar-refractivity contribution in [2.75, 3.05) is 13.1 Å². The molecule has 1 heterocycles. The van der Waals surface area contributed by atoms with Gasteiger partial charge in [0.25, 0.3) is 0 Å². The zero-order chi connectivity index (χ0) is 14.6. The highest BCUT2D eigenvalue weighted by atomic mass is 15.3. The fourth-order valence-corrected chi connectivity index (χ4v) is 3.81. The van der Waals surface area contributed by atoms with Gasteiger partial charge in [0.05, 0.1) is 0 Å². The molecule has 0 radical (unpaired) electrons. The van der Waals surface area contributed by atoms with E-state index in [2.05, 4.69) is 56.0 Å². The van der Waals surface area contributed by atoms with Crippen molar-refractivity contribution in [3.63, 3.8) is 0 Å². The van der Waals surface area contributed by atoms with E-state index in [0.29, 0.717) is 12.0 Å². The van der Waals surface area contributed by atoms with Crippen LogP contribution in [0.15, 0.2) is 30.3 Å². The molecule has 1 fully saturated rings. The van der Waals surface area contributed by atoms with Crippen LogP contribution in [0.25, 0.3) is 0 Å². The number of rotatable bonds is 6. The molecule has 0 saturated carbocycles. The van der Waals surface area contributed by atoms with E-state index in [0.717, 1.165) is 19.4 Å². The van der Waals surface area contributed by atoms with Crippen LogP contribution in [0.5, 0.6) is 0 Å². The minimum Gasteiger partial charge on any atom is -0.329 e. The Labute approximate surface area is 124 Å². The molecule has 0 aromatic heterocycles. The fraction of sp³-hybridized carbons (Fsp3) is 0.667. The smallest absolute Gasteiger partial charge is 0.0372 e. The minimum absolute atomic E-state index is 0.132. The highest BCUT2D eigenvalue weighted by Crippen LogP contribution is 2.34. The first kappa shape index (κ1) is 15.5. The van der Waals surface area contributed by atoms with Gasteiger partial charge in [-0.2, -0.15) is 0 Å². The van der Waals surface area contributed by atoms with E-state index in [4.69, 9.17) is 5.73 Å².